The molecule has 5 heteroatoms. The van der Waals surface area contributed by atoms with Gasteiger partial charge in [-0.1, -0.05) is 35.3 Å². The predicted molar refractivity (Wildman–Crippen MR) is 69.7 cm³/mol. The van der Waals surface area contributed by atoms with Crippen molar-refractivity contribution in [3.63, 3.8) is 0 Å². The van der Waals surface area contributed by atoms with E-state index in [4.69, 9.17) is 32.5 Å². The fourth-order valence-electron chi connectivity index (χ4n) is 1.26. The zero-order chi connectivity index (χ0) is 12.3. The van der Waals surface area contributed by atoms with E-state index < -0.39 is 7.12 Å². The van der Waals surface area contributed by atoms with Crippen molar-refractivity contribution in [1.82, 2.24) is 0 Å². The second kappa shape index (κ2) is 5.41. The fourth-order valence-corrected chi connectivity index (χ4v) is 1.66. The summed E-state index contributed by atoms with van der Waals surface area (Å²) < 4.78 is 11.0. The van der Waals surface area contributed by atoms with Crippen LogP contribution in [-0.2, 0) is 9.31 Å². The third-order valence-electron chi connectivity index (χ3n) is 1.91. The monoisotopic (exact) mass is 260 g/mol. The lowest BCUT2D eigenvalue weighted by Crippen LogP contribution is -2.42. The van der Waals surface area contributed by atoms with Gasteiger partial charge in [-0.3, -0.25) is 0 Å². The smallest absolute Gasteiger partial charge is 0.410 e. The first-order chi connectivity index (χ1) is 7.35. The van der Waals surface area contributed by atoms with E-state index in [-0.39, 0.29) is 5.60 Å². The van der Waals surface area contributed by atoms with Crippen molar-refractivity contribution in [2.45, 2.75) is 26.4 Å². The summed E-state index contributed by atoms with van der Waals surface area (Å²) in [6.45, 7) is 5.87. The molecular formula is C11H15BCl2O2. The van der Waals surface area contributed by atoms with Crippen LogP contribution < -0.4 is 5.46 Å². The van der Waals surface area contributed by atoms with Crippen molar-refractivity contribution < 1.29 is 9.31 Å². The van der Waals surface area contributed by atoms with Crippen LogP contribution in [0.4, 0.5) is 0 Å². The van der Waals surface area contributed by atoms with Gasteiger partial charge in [-0.2, -0.15) is 0 Å². The molecule has 0 amide bonds. The standard InChI is InChI=1S/C11H15BCl2O2/c1-11(2,3)16-12(15-4)8-6-5-7-9(13)10(8)14/h5-7H,1-4H3. The zero-order valence-corrected chi connectivity index (χ0v) is 11.4. The van der Waals surface area contributed by atoms with Crippen LogP contribution in [0.15, 0.2) is 18.2 Å². The Labute approximate surface area is 107 Å². The van der Waals surface area contributed by atoms with Crippen LogP contribution in [0.5, 0.6) is 0 Å². The fraction of sp³-hybridized carbons (Fsp3) is 0.455. The quantitative estimate of drug-likeness (QED) is 0.778. The van der Waals surface area contributed by atoms with E-state index in [1.165, 1.54) is 0 Å². The van der Waals surface area contributed by atoms with Gasteiger partial charge in [0.25, 0.3) is 0 Å². The second-order valence-electron chi connectivity index (χ2n) is 4.44. The second-order valence-corrected chi connectivity index (χ2v) is 5.23. The Morgan fingerprint density at radius 2 is 1.81 bits per heavy atom. The Kier molecular flexibility index (Phi) is 4.68. The molecule has 88 valence electrons. The van der Waals surface area contributed by atoms with Gasteiger partial charge >= 0.3 is 7.12 Å². The SMILES string of the molecule is COB(OC(C)(C)C)c1cccc(Cl)c1Cl. The van der Waals surface area contributed by atoms with Crippen LogP contribution in [0.25, 0.3) is 0 Å². The molecule has 0 aromatic heterocycles. The van der Waals surface area contributed by atoms with E-state index in [2.05, 4.69) is 0 Å². The molecule has 0 spiro atoms. The highest BCUT2D eigenvalue weighted by molar-refractivity contribution is 6.66. The molecule has 0 fully saturated rings. The molecule has 0 saturated carbocycles. The summed E-state index contributed by atoms with van der Waals surface area (Å²) in [5.74, 6) is 0. The lowest BCUT2D eigenvalue weighted by molar-refractivity contribution is 0.0982. The van der Waals surface area contributed by atoms with Crippen molar-refractivity contribution in [2.75, 3.05) is 7.11 Å². The van der Waals surface area contributed by atoms with E-state index in [9.17, 15) is 0 Å². The van der Waals surface area contributed by atoms with Gasteiger partial charge in [0.05, 0.1) is 10.0 Å². The Hall–Kier alpha value is -0.215. The average molecular weight is 261 g/mol. The minimum Gasteiger partial charge on any atom is -0.410 e. The van der Waals surface area contributed by atoms with Crippen LogP contribution in [0.3, 0.4) is 0 Å². The van der Waals surface area contributed by atoms with Crippen molar-refractivity contribution >= 4 is 35.8 Å². The van der Waals surface area contributed by atoms with E-state index >= 15 is 0 Å². The molecule has 2 nitrogen and oxygen atoms in total. The zero-order valence-electron chi connectivity index (χ0n) is 9.88. The third kappa shape index (κ3) is 3.67. The summed E-state index contributed by atoms with van der Waals surface area (Å²) >= 11 is 12.0. The Bertz CT molecular complexity index is 363. The van der Waals surface area contributed by atoms with Gasteiger partial charge in [-0.15, -0.1) is 0 Å². The first kappa shape index (κ1) is 13.8. The van der Waals surface area contributed by atoms with E-state index in [0.717, 1.165) is 5.46 Å². The van der Waals surface area contributed by atoms with Crippen molar-refractivity contribution in [2.24, 2.45) is 0 Å². The van der Waals surface area contributed by atoms with Gasteiger partial charge in [0, 0.05) is 18.2 Å². The van der Waals surface area contributed by atoms with Crippen molar-refractivity contribution in [3.8, 4) is 0 Å². The van der Waals surface area contributed by atoms with E-state index in [0.29, 0.717) is 10.0 Å². The predicted octanol–water partition coefficient (Wildman–Crippen LogP) is 3.15. The number of rotatable bonds is 3. The lowest BCUT2D eigenvalue weighted by Gasteiger charge is -2.25. The van der Waals surface area contributed by atoms with Crippen LogP contribution in [0.1, 0.15) is 20.8 Å². The minimum absolute atomic E-state index is 0.313. The Morgan fingerprint density at radius 1 is 1.19 bits per heavy atom. The van der Waals surface area contributed by atoms with E-state index in [1.807, 2.05) is 32.9 Å². The molecule has 0 aliphatic rings. The first-order valence-electron chi connectivity index (χ1n) is 4.99. The van der Waals surface area contributed by atoms with Gasteiger partial charge in [-0.25, -0.2) is 0 Å². The molecule has 0 aliphatic heterocycles. The van der Waals surface area contributed by atoms with Crippen LogP contribution >= 0.6 is 23.2 Å². The molecule has 0 radical (unpaired) electrons. The molecule has 16 heavy (non-hydrogen) atoms. The molecule has 0 atom stereocenters. The average Bonchev–Trinajstić information content (AvgIpc) is 2.18. The minimum atomic E-state index is -0.508. The van der Waals surface area contributed by atoms with Gasteiger partial charge in [-0.05, 0) is 26.8 Å². The highest BCUT2D eigenvalue weighted by atomic mass is 35.5. The van der Waals surface area contributed by atoms with Gasteiger partial charge < -0.3 is 9.31 Å². The van der Waals surface area contributed by atoms with Gasteiger partial charge in [0.1, 0.15) is 0 Å². The maximum atomic E-state index is 6.10. The topological polar surface area (TPSA) is 18.5 Å². The van der Waals surface area contributed by atoms with Gasteiger partial charge in [0.2, 0.25) is 0 Å². The number of hydrogen-bond acceptors (Lipinski definition) is 2. The highest BCUT2D eigenvalue weighted by Gasteiger charge is 2.28. The molecular weight excluding hydrogens is 246 g/mol. The molecule has 0 heterocycles. The summed E-state index contributed by atoms with van der Waals surface area (Å²) in [5, 5.41) is 0.971. The number of halogens is 2. The maximum absolute atomic E-state index is 6.10. The van der Waals surface area contributed by atoms with Crippen LogP contribution in [0.2, 0.25) is 10.0 Å². The largest absolute Gasteiger partial charge is 0.495 e. The van der Waals surface area contributed by atoms with Crippen molar-refractivity contribution in [3.05, 3.63) is 28.2 Å². The normalized spacial score (nSPS) is 11.6. The molecule has 0 saturated heterocycles. The molecule has 1 aromatic rings. The summed E-state index contributed by atoms with van der Waals surface area (Å²) in [6.07, 6.45) is 0. The molecule has 1 rings (SSSR count). The third-order valence-corrected chi connectivity index (χ3v) is 2.74. The summed E-state index contributed by atoms with van der Waals surface area (Å²) in [5.41, 5.74) is 0.429. The summed E-state index contributed by atoms with van der Waals surface area (Å²) in [4.78, 5) is 0. The maximum Gasteiger partial charge on any atom is 0.495 e. The Morgan fingerprint density at radius 3 is 2.31 bits per heavy atom. The summed E-state index contributed by atoms with van der Waals surface area (Å²) in [6, 6.07) is 5.40. The van der Waals surface area contributed by atoms with E-state index in [1.54, 1.807) is 13.2 Å². The van der Waals surface area contributed by atoms with Crippen LogP contribution in [0, 0.1) is 0 Å². The first-order valence-corrected chi connectivity index (χ1v) is 5.75. The van der Waals surface area contributed by atoms with Crippen molar-refractivity contribution in [1.29, 1.82) is 0 Å². The molecule has 0 aliphatic carbocycles. The number of hydrogen-bond donors (Lipinski definition) is 0. The summed E-state index contributed by atoms with van der Waals surface area (Å²) in [7, 11) is 1.07. The lowest BCUT2D eigenvalue weighted by atomic mass is 9.78. The van der Waals surface area contributed by atoms with Crippen LogP contribution in [-0.4, -0.2) is 19.8 Å². The molecule has 0 bridgehead atoms. The Balaban J connectivity index is 3.00. The molecule has 1 aromatic carbocycles. The number of benzene rings is 1. The molecule has 0 N–H and O–H groups in total. The molecule has 0 unspecified atom stereocenters. The highest BCUT2D eigenvalue weighted by Crippen LogP contribution is 2.20. The van der Waals surface area contributed by atoms with Gasteiger partial charge in [0.15, 0.2) is 0 Å².